The highest BCUT2D eigenvalue weighted by Gasteiger charge is 2.10. The van der Waals surface area contributed by atoms with E-state index in [9.17, 15) is 9.90 Å². The number of hydrogen-bond acceptors (Lipinski definition) is 4. The molecule has 0 saturated heterocycles. The smallest absolute Gasteiger partial charge is 0.149 e. The second kappa shape index (κ2) is 6.68. The summed E-state index contributed by atoms with van der Waals surface area (Å²) in [5, 5.41) is 11.3. The molecule has 0 aliphatic rings. The van der Waals surface area contributed by atoms with Crippen molar-refractivity contribution in [3.05, 3.63) is 52.4 Å². The lowest BCUT2D eigenvalue weighted by atomic mass is 10.1. The van der Waals surface area contributed by atoms with Crippen molar-refractivity contribution in [1.29, 1.82) is 0 Å². The zero-order chi connectivity index (χ0) is 15.4. The molecule has 0 aliphatic carbocycles. The van der Waals surface area contributed by atoms with Gasteiger partial charge in [-0.1, -0.05) is 25.4 Å². The first-order valence-electron chi connectivity index (χ1n) is 6.67. The molecule has 2 aromatic rings. The Balaban J connectivity index is 2.20. The molecule has 5 heteroatoms. The Morgan fingerprint density at radius 1 is 1.33 bits per heavy atom. The number of furan rings is 1. The van der Waals surface area contributed by atoms with E-state index in [4.69, 9.17) is 20.8 Å². The molecule has 1 aromatic carbocycles. The second-order valence-corrected chi connectivity index (χ2v) is 5.62. The first kappa shape index (κ1) is 15.4. The molecule has 0 atom stereocenters. The van der Waals surface area contributed by atoms with Gasteiger partial charge in [-0.05, 0) is 36.2 Å². The van der Waals surface area contributed by atoms with Gasteiger partial charge in [-0.15, -0.1) is 0 Å². The summed E-state index contributed by atoms with van der Waals surface area (Å²) in [6.45, 7) is 4.72. The quantitative estimate of drug-likeness (QED) is 0.823. The third kappa shape index (κ3) is 4.26. The molecule has 2 rings (SSSR count). The highest BCUT2D eigenvalue weighted by molar-refractivity contribution is 6.30. The summed E-state index contributed by atoms with van der Waals surface area (Å²) in [6.07, 6.45) is 0.404. The van der Waals surface area contributed by atoms with Crippen molar-refractivity contribution < 1.29 is 19.1 Å². The van der Waals surface area contributed by atoms with Crippen molar-refractivity contribution in [2.45, 2.75) is 20.3 Å². The van der Waals surface area contributed by atoms with Crippen LogP contribution in [0.4, 0.5) is 0 Å². The molecule has 4 nitrogen and oxygen atoms in total. The van der Waals surface area contributed by atoms with Crippen molar-refractivity contribution in [2.75, 3.05) is 6.61 Å². The fourth-order valence-corrected chi connectivity index (χ4v) is 2.05. The van der Waals surface area contributed by atoms with Crippen LogP contribution >= 0.6 is 11.6 Å². The number of ether oxygens (including phenoxy) is 1. The number of hydrogen-bond donors (Lipinski definition) is 0. The molecule has 0 aliphatic heterocycles. The van der Waals surface area contributed by atoms with Crippen LogP contribution in [0.5, 0.6) is 5.75 Å². The van der Waals surface area contributed by atoms with Gasteiger partial charge in [-0.25, -0.2) is 0 Å². The highest BCUT2D eigenvalue weighted by atomic mass is 35.5. The predicted molar refractivity (Wildman–Crippen MR) is 77.6 cm³/mol. The Bertz CT molecular complexity index is 631. The fourth-order valence-electron chi connectivity index (χ4n) is 1.85. The summed E-state index contributed by atoms with van der Waals surface area (Å²) >= 11 is 6.01. The summed E-state index contributed by atoms with van der Waals surface area (Å²) in [4.78, 5) is 10.7. The summed E-state index contributed by atoms with van der Waals surface area (Å²) in [5.74, 6) is 0.132. The van der Waals surface area contributed by atoms with E-state index in [0.717, 1.165) is 11.3 Å². The van der Waals surface area contributed by atoms with Crippen molar-refractivity contribution >= 4 is 17.6 Å². The number of benzene rings is 1. The lowest BCUT2D eigenvalue weighted by molar-refractivity contribution is -0.257. The first-order valence-corrected chi connectivity index (χ1v) is 7.05. The van der Waals surface area contributed by atoms with Crippen molar-refractivity contribution in [2.24, 2.45) is 5.92 Å². The number of carboxylic acid groups (broad SMARTS) is 1. The monoisotopic (exact) mass is 307 g/mol. The van der Waals surface area contributed by atoms with Gasteiger partial charge < -0.3 is 19.1 Å². The summed E-state index contributed by atoms with van der Waals surface area (Å²) in [7, 11) is 0. The molecule has 1 aromatic heterocycles. The molecule has 0 N–H and O–H groups in total. The van der Waals surface area contributed by atoms with E-state index in [1.165, 1.54) is 6.07 Å². The zero-order valence-corrected chi connectivity index (χ0v) is 12.6. The normalized spacial score (nSPS) is 10.9. The standard InChI is InChI=1S/C16H17ClO4/c1-10(2)9-20-14-5-3-12(17)7-11(14)8-13-4-6-15(21-13)16(18)19/h3-7,10H,8-9H2,1-2H3,(H,18,19)/p-1. The number of carbonyl (C=O) groups excluding carboxylic acids is 1. The van der Waals surface area contributed by atoms with Crippen LogP contribution in [-0.2, 0) is 6.42 Å². The van der Waals surface area contributed by atoms with E-state index < -0.39 is 5.97 Å². The van der Waals surface area contributed by atoms with Crippen molar-refractivity contribution in [3.63, 3.8) is 0 Å². The maximum atomic E-state index is 10.7. The lowest BCUT2D eigenvalue weighted by Crippen LogP contribution is -2.21. The molecule has 0 saturated carbocycles. The van der Waals surface area contributed by atoms with Crippen molar-refractivity contribution in [3.8, 4) is 5.75 Å². The zero-order valence-electron chi connectivity index (χ0n) is 11.9. The van der Waals surface area contributed by atoms with E-state index >= 15 is 0 Å². The maximum absolute atomic E-state index is 10.7. The number of carboxylic acids is 1. The molecule has 1 heterocycles. The van der Waals surface area contributed by atoms with E-state index in [2.05, 4.69) is 13.8 Å². The van der Waals surface area contributed by atoms with Gasteiger partial charge in [0.05, 0.1) is 6.61 Å². The maximum Gasteiger partial charge on any atom is 0.149 e. The van der Waals surface area contributed by atoms with Crippen LogP contribution in [0.2, 0.25) is 5.02 Å². The minimum atomic E-state index is -1.33. The average Bonchev–Trinajstić information content (AvgIpc) is 2.86. The van der Waals surface area contributed by atoms with Gasteiger partial charge in [0.15, 0.2) is 0 Å². The molecule has 0 bridgehead atoms. The lowest BCUT2D eigenvalue weighted by Gasteiger charge is -2.13. The minimum absolute atomic E-state index is 0.184. The topological polar surface area (TPSA) is 62.5 Å². The van der Waals surface area contributed by atoms with Crippen LogP contribution in [0.1, 0.15) is 35.7 Å². The Morgan fingerprint density at radius 2 is 2.10 bits per heavy atom. The molecule has 0 fully saturated rings. The Labute approximate surface area is 128 Å². The summed E-state index contributed by atoms with van der Waals surface area (Å²) < 4.78 is 11.0. The van der Waals surface area contributed by atoms with E-state index in [0.29, 0.717) is 29.7 Å². The average molecular weight is 308 g/mol. The van der Waals surface area contributed by atoms with Gasteiger partial charge in [0.1, 0.15) is 23.2 Å². The van der Waals surface area contributed by atoms with Crippen LogP contribution < -0.4 is 9.84 Å². The molecule has 112 valence electrons. The van der Waals surface area contributed by atoms with Gasteiger partial charge in [-0.2, -0.15) is 0 Å². The highest BCUT2D eigenvalue weighted by Crippen LogP contribution is 2.26. The minimum Gasteiger partial charge on any atom is -0.542 e. The Hall–Kier alpha value is -1.94. The molecule has 0 spiro atoms. The Kier molecular flexibility index (Phi) is 4.91. The van der Waals surface area contributed by atoms with E-state index in [1.807, 2.05) is 6.07 Å². The third-order valence-electron chi connectivity index (χ3n) is 2.82. The number of rotatable bonds is 6. The fraction of sp³-hybridized carbons (Fsp3) is 0.312. The second-order valence-electron chi connectivity index (χ2n) is 5.19. The van der Waals surface area contributed by atoms with Crippen LogP contribution in [0.3, 0.4) is 0 Å². The molecule has 21 heavy (non-hydrogen) atoms. The van der Waals surface area contributed by atoms with Gasteiger partial charge >= 0.3 is 0 Å². The first-order chi connectivity index (χ1) is 9.95. The van der Waals surface area contributed by atoms with Crippen LogP contribution in [0.15, 0.2) is 34.7 Å². The molecular formula is C16H16ClO4-. The van der Waals surface area contributed by atoms with Crippen molar-refractivity contribution in [1.82, 2.24) is 0 Å². The van der Waals surface area contributed by atoms with E-state index in [-0.39, 0.29) is 5.76 Å². The number of aromatic carboxylic acids is 1. The largest absolute Gasteiger partial charge is 0.542 e. The van der Waals surface area contributed by atoms with Crippen LogP contribution in [-0.4, -0.2) is 12.6 Å². The van der Waals surface area contributed by atoms with Crippen LogP contribution in [0.25, 0.3) is 0 Å². The van der Waals surface area contributed by atoms with Gasteiger partial charge in [0.25, 0.3) is 0 Å². The molecule has 0 amide bonds. The predicted octanol–water partition coefficient (Wildman–Crippen LogP) is 2.92. The van der Waals surface area contributed by atoms with E-state index in [1.54, 1.807) is 18.2 Å². The third-order valence-corrected chi connectivity index (χ3v) is 3.06. The number of carbonyl (C=O) groups is 1. The Morgan fingerprint density at radius 3 is 2.71 bits per heavy atom. The van der Waals surface area contributed by atoms with Gasteiger partial charge in [-0.3, -0.25) is 0 Å². The molecule has 0 unspecified atom stereocenters. The van der Waals surface area contributed by atoms with Crippen LogP contribution in [0, 0.1) is 5.92 Å². The SMILES string of the molecule is CC(C)COc1ccc(Cl)cc1Cc1ccc(C(=O)[O-])o1. The van der Waals surface area contributed by atoms with Gasteiger partial charge in [0.2, 0.25) is 0 Å². The molecular weight excluding hydrogens is 292 g/mol. The molecule has 0 radical (unpaired) electrons. The number of halogens is 1. The summed E-state index contributed by atoms with van der Waals surface area (Å²) in [5.41, 5.74) is 0.849. The van der Waals surface area contributed by atoms with Gasteiger partial charge in [0, 0.05) is 17.0 Å². The summed E-state index contributed by atoms with van der Waals surface area (Å²) in [6, 6.07) is 8.35.